The van der Waals surface area contributed by atoms with Gasteiger partial charge in [0.1, 0.15) is 0 Å². The molecule has 2 heterocycles. The minimum Gasteiger partial charge on any atom is -0.248 e. The summed E-state index contributed by atoms with van der Waals surface area (Å²) in [6.45, 7) is 6.04. The Morgan fingerprint density at radius 1 is 1.26 bits per heavy atom. The van der Waals surface area contributed by atoms with Crippen molar-refractivity contribution >= 4 is 18.4 Å². The highest BCUT2D eigenvalue weighted by atomic mass is 32.1. The minimum atomic E-state index is 0.425. The van der Waals surface area contributed by atoms with Crippen molar-refractivity contribution in [3.05, 3.63) is 57.6 Å². The van der Waals surface area contributed by atoms with Crippen molar-refractivity contribution in [1.82, 2.24) is 24.7 Å². The van der Waals surface area contributed by atoms with Gasteiger partial charge in [-0.1, -0.05) is 31.2 Å². The molecule has 0 amide bonds. The maximum atomic E-state index is 5.27. The highest BCUT2D eigenvalue weighted by Crippen LogP contribution is 2.10. The molecule has 0 fully saturated rings. The molecule has 118 valence electrons. The largest absolute Gasteiger partial charge is 0.271 e. The molecule has 0 aliphatic carbocycles. The number of nitrogens with zero attached hydrogens (tertiary/aromatic N) is 5. The van der Waals surface area contributed by atoms with E-state index in [1.807, 2.05) is 32.0 Å². The Kier molecular flexibility index (Phi) is 4.20. The SMILES string of the molecule is CCc1ccc(/C=N\n2c(-n3nc(C)cc3C)n[nH]c2=S)cc1. The number of H-pyrrole nitrogens is 1. The molecule has 2 aromatic heterocycles. The smallest absolute Gasteiger partial charge is 0.248 e. The first-order valence-corrected chi connectivity index (χ1v) is 7.83. The van der Waals surface area contributed by atoms with Crippen LogP contribution in [0, 0.1) is 18.6 Å². The molecule has 0 saturated carbocycles. The molecule has 0 bridgehead atoms. The molecule has 0 spiro atoms. The molecular formula is C16H18N6S. The predicted molar refractivity (Wildman–Crippen MR) is 92.8 cm³/mol. The predicted octanol–water partition coefficient (Wildman–Crippen LogP) is 3.19. The van der Waals surface area contributed by atoms with Crippen LogP contribution in [0.2, 0.25) is 0 Å². The van der Waals surface area contributed by atoms with Crippen LogP contribution in [0.25, 0.3) is 5.95 Å². The van der Waals surface area contributed by atoms with Gasteiger partial charge in [-0.05, 0) is 49.7 Å². The second-order valence-electron chi connectivity index (χ2n) is 5.32. The Hall–Kier alpha value is -2.54. The molecular weight excluding hydrogens is 308 g/mol. The van der Waals surface area contributed by atoms with Crippen LogP contribution >= 0.6 is 12.2 Å². The van der Waals surface area contributed by atoms with Gasteiger partial charge in [0, 0.05) is 5.69 Å². The molecule has 0 unspecified atom stereocenters. The lowest BCUT2D eigenvalue weighted by molar-refractivity contribution is 0.714. The van der Waals surface area contributed by atoms with E-state index in [0.717, 1.165) is 23.4 Å². The molecule has 3 aromatic rings. The zero-order chi connectivity index (χ0) is 16.4. The Morgan fingerprint density at radius 2 is 2.00 bits per heavy atom. The third-order valence-electron chi connectivity index (χ3n) is 3.54. The van der Waals surface area contributed by atoms with Crippen molar-refractivity contribution in [2.75, 3.05) is 0 Å². The normalized spacial score (nSPS) is 11.4. The fourth-order valence-corrected chi connectivity index (χ4v) is 2.49. The van der Waals surface area contributed by atoms with Crippen molar-refractivity contribution < 1.29 is 0 Å². The molecule has 3 rings (SSSR count). The quantitative estimate of drug-likeness (QED) is 0.591. The summed E-state index contributed by atoms with van der Waals surface area (Å²) >= 11 is 5.27. The van der Waals surface area contributed by atoms with Gasteiger partial charge in [-0.3, -0.25) is 0 Å². The zero-order valence-corrected chi connectivity index (χ0v) is 14.1. The average molecular weight is 326 g/mol. The van der Waals surface area contributed by atoms with Gasteiger partial charge in [0.05, 0.1) is 11.9 Å². The highest BCUT2D eigenvalue weighted by Gasteiger charge is 2.11. The number of aryl methyl sites for hydroxylation is 3. The fourth-order valence-electron chi connectivity index (χ4n) is 2.32. The summed E-state index contributed by atoms with van der Waals surface area (Å²) in [6, 6.07) is 10.2. The first-order chi connectivity index (χ1) is 11.1. The van der Waals surface area contributed by atoms with E-state index in [2.05, 4.69) is 39.5 Å². The molecule has 6 nitrogen and oxygen atoms in total. The van der Waals surface area contributed by atoms with E-state index in [-0.39, 0.29) is 0 Å². The summed E-state index contributed by atoms with van der Waals surface area (Å²) in [7, 11) is 0. The Bertz CT molecular complexity index is 898. The van der Waals surface area contributed by atoms with Crippen molar-refractivity contribution in [3.8, 4) is 5.95 Å². The Balaban J connectivity index is 1.97. The van der Waals surface area contributed by atoms with Gasteiger partial charge >= 0.3 is 0 Å². The van der Waals surface area contributed by atoms with E-state index < -0.39 is 0 Å². The van der Waals surface area contributed by atoms with Crippen molar-refractivity contribution in [1.29, 1.82) is 0 Å². The summed E-state index contributed by atoms with van der Waals surface area (Å²) in [5.41, 5.74) is 4.19. The van der Waals surface area contributed by atoms with Crippen LogP contribution in [0.4, 0.5) is 0 Å². The van der Waals surface area contributed by atoms with Gasteiger partial charge < -0.3 is 0 Å². The van der Waals surface area contributed by atoms with Gasteiger partial charge in [0.2, 0.25) is 4.77 Å². The number of aromatic nitrogens is 5. The van der Waals surface area contributed by atoms with Gasteiger partial charge in [-0.15, -0.1) is 5.10 Å². The minimum absolute atomic E-state index is 0.425. The lowest BCUT2D eigenvalue weighted by Crippen LogP contribution is -2.07. The molecule has 0 saturated heterocycles. The first kappa shape index (κ1) is 15.4. The molecule has 0 aliphatic rings. The molecule has 0 aliphatic heterocycles. The Morgan fingerprint density at radius 3 is 2.61 bits per heavy atom. The second-order valence-corrected chi connectivity index (χ2v) is 5.71. The van der Waals surface area contributed by atoms with Gasteiger partial charge in [-0.2, -0.15) is 14.9 Å². The van der Waals surface area contributed by atoms with E-state index in [1.165, 1.54) is 5.56 Å². The molecule has 0 atom stereocenters. The van der Waals surface area contributed by atoms with Gasteiger partial charge in [0.15, 0.2) is 0 Å². The van der Waals surface area contributed by atoms with E-state index >= 15 is 0 Å². The second kappa shape index (κ2) is 6.29. The fraction of sp³-hybridized carbons (Fsp3) is 0.250. The highest BCUT2D eigenvalue weighted by molar-refractivity contribution is 7.71. The van der Waals surface area contributed by atoms with Crippen LogP contribution in [0.5, 0.6) is 0 Å². The van der Waals surface area contributed by atoms with Crippen LogP contribution in [0.15, 0.2) is 35.4 Å². The number of hydrogen-bond donors (Lipinski definition) is 1. The van der Waals surface area contributed by atoms with Crippen LogP contribution in [0.1, 0.15) is 29.4 Å². The van der Waals surface area contributed by atoms with Gasteiger partial charge in [0.25, 0.3) is 5.95 Å². The van der Waals surface area contributed by atoms with E-state index in [4.69, 9.17) is 12.2 Å². The standard InChI is InChI=1S/C16H18N6S/c1-4-13-5-7-14(8-6-13)10-17-22-15(18-19-16(22)23)21-12(3)9-11(2)20-21/h5-10H,4H2,1-3H3,(H,19,23)/b17-10-. The van der Waals surface area contributed by atoms with E-state index in [1.54, 1.807) is 15.6 Å². The summed E-state index contributed by atoms with van der Waals surface area (Å²) in [5, 5.41) is 15.9. The van der Waals surface area contributed by atoms with E-state index in [9.17, 15) is 0 Å². The monoisotopic (exact) mass is 326 g/mol. The lowest BCUT2D eigenvalue weighted by atomic mass is 10.1. The molecule has 7 heteroatoms. The number of benzene rings is 1. The third kappa shape index (κ3) is 3.14. The topological polar surface area (TPSA) is 63.8 Å². The van der Waals surface area contributed by atoms with Crippen LogP contribution in [-0.2, 0) is 6.42 Å². The van der Waals surface area contributed by atoms with Crippen molar-refractivity contribution in [3.63, 3.8) is 0 Å². The lowest BCUT2D eigenvalue weighted by Gasteiger charge is -2.02. The van der Waals surface area contributed by atoms with Crippen LogP contribution in [-0.4, -0.2) is 30.9 Å². The summed E-state index contributed by atoms with van der Waals surface area (Å²) in [6.07, 6.45) is 2.78. The number of aromatic amines is 1. The molecule has 23 heavy (non-hydrogen) atoms. The third-order valence-corrected chi connectivity index (χ3v) is 3.81. The first-order valence-electron chi connectivity index (χ1n) is 7.43. The summed E-state index contributed by atoms with van der Waals surface area (Å²) < 4.78 is 3.72. The average Bonchev–Trinajstić information content (AvgIpc) is 3.07. The molecule has 1 N–H and O–H groups in total. The van der Waals surface area contributed by atoms with Gasteiger partial charge in [-0.25, -0.2) is 9.78 Å². The Labute approximate surface area is 139 Å². The number of rotatable bonds is 4. The molecule has 1 aromatic carbocycles. The van der Waals surface area contributed by atoms with E-state index in [0.29, 0.717) is 10.7 Å². The number of hydrogen-bond acceptors (Lipinski definition) is 4. The van der Waals surface area contributed by atoms with Crippen LogP contribution in [0.3, 0.4) is 0 Å². The molecule has 0 radical (unpaired) electrons. The van der Waals surface area contributed by atoms with Crippen molar-refractivity contribution in [2.45, 2.75) is 27.2 Å². The summed E-state index contributed by atoms with van der Waals surface area (Å²) in [5.74, 6) is 0.544. The summed E-state index contributed by atoms with van der Waals surface area (Å²) in [4.78, 5) is 0. The van der Waals surface area contributed by atoms with Crippen molar-refractivity contribution in [2.24, 2.45) is 5.10 Å². The van der Waals surface area contributed by atoms with Crippen LogP contribution < -0.4 is 0 Å². The number of nitrogens with one attached hydrogen (secondary N) is 1. The maximum Gasteiger partial charge on any atom is 0.271 e. The zero-order valence-electron chi connectivity index (χ0n) is 13.3. The maximum absolute atomic E-state index is 5.27.